The molecule has 2 heterocycles. The molecule has 3 atom stereocenters. The van der Waals surface area contributed by atoms with Crippen molar-refractivity contribution in [2.24, 2.45) is 5.92 Å². The molecule has 2 aromatic rings. The van der Waals surface area contributed by atoms with Gasteiger partial charge in [-0.25, -0.2) is 0 Å². The molecule has 2 aliphatic rings. The fraction of sp³-hybridized carbons (Fsp3) is 0.542. The van der Waals surface area contributed by atoms with Crippen molar-refractivity contribution in [3.63, 3.8) is 0 Å². The van der Waals surface area contributed by atoms with Crippen molar-refractivity contribution < 1.29 is 19.1 Å². The molecule has 1 amide bonds. The van der Waals surface area contributed by atoms with Gasteiger partial charge in [0.1, 0.15) is 11.5 Å². The lowest BCUT2D eigenvalue weighted by atomic mass is 9.66. The Balaban J connectivity index is 1.57. The molecule has 0 radical (unpaired) electrons. The highest BCUT2D eigenvalue weighted by Crippen LogP contribution is 2.50. The Bertz CT molecular complexity index is 837. The summed E-state index contributed by atoms with van der Waals surface area (Å²) < 4.78 is 11.2. The maximum Gasteiger partial charge on any atom is 0.234 e. The molecule has 1 aromatic heterocycles. The Kier molecular flexibility index (Phi) is 6.44. The molecule has 0 unspecified atom stereocenters. The number of ether oxygens (including phenoxy) is 1. The highest BCUT2D eigenvalue weighted by atomic mass is 16.5. The van der Waals surface area contributed by atoms with E-state index in [1.165, 1.54) is 0 Å². The van der Waals surface area contributed by atoms with Crippen LogP contribution in [0.5, 0.6) is 5.75 Å². The second kappa shape index (κ2) is 9.23. The van der Waals surface area contributed by atoms with Gasteiger partial charge in [0.05, 0.1) is 31.6 Å². The maximum absolute atomic E-state index is 12.7. The largest absolute Gasteiger partial charge is 0.494 e. The standard InChI is InChI=1S/C24H32N2O4/c1-2-29-21-11-4-3-9-19(21)23-20-10-5-6-12-24(20,28)13-14-26(23)17-22(27)25-16-18-8-7-15-30-18/h3-4,7-9,11,15,20,23,28H,2,5-6,10,12-14,16-17H2,1H3,(H,25,27)/t20-,23+,24+/m0/s1. The van der Waals surface area contributed by atoms with E-state index in [0.717, 1.165) is 42.8 Å². The molecular weight excluding hydrogens is 380 g/mol. The highest BCUT2D eigenvalue weighted by molar-refractivity contribution is 5.78. The number of benzene rings is 1. The van der Waals surface area contributed by atoms with Crippen LogP contribution in [0.3, 0.4) is 0 Å². The number of hydrogen-bond acceptors (Lipinski definition) is 5. The van der Waals surface area contributed by atoms with Gasteiger partial charge in [0.25, 0.3) is 0 Å². The van der Waals surface area contributed by atoms with Gasteiger partial charge in [-0.3, -0.25) is 9.69 Å². The number of furan rings is 1. The second-order valence-electron chi connectivity index (χ2n) is 8.45. The monoisotopic (exact) mass is 412 g/mol. The molecule has 6 nitrogen and oxygen atoms in total. The second-order valence-corrected chi connectivity index (χ2v) is 8.45. The summed E-state index contributed by atoms with van der Waals surface area (Å²) in [6.07, 6.45) is 6.29. The number of nitrogens with one attached hydrogen (secondary N) is 1. The summed E-state index contributed by atoms with van der Waals surface area (Å²) >= 11 is 0. The smallest absolute Gasteiger partial charge is 0.234 e. The van der Waals surface area contributed by atoms with Gasteiger partial charge >= 0.3 is 0 Å². The zero-order valence-corrected chi connectivity index (χ0v) is 17.7. The van der Waals surface area contributed by atoms with Crippen molar-refractivity contribution in [3.8, 4) is 5.75 Å². The van der Waals surface area contributed by atoms with Crippen LogP contribution in [0.25, 0.3) is 0 Å². The van der Waals surface area contributed by atoms with E-state index < -0.39 is 5.60 Å². The van der Waals surface area contributed by atoms with Crippen LogP contribution >= 0.6 is 0 Å². The number of nitrogens with zero attached hydrogens (tertiary/aromatic N) is 1. The number of piperidine rings is 1. The van der Waals surface area contributed by atoms with Crippen molar-refractivity contribution in [2.45, 2.75) is 57.2 Å². The normalized spacial score (nSPS) is 26.7. The average Bonchev–Trinajstić information content (AvgIpc) is 3.27. The Morgan fingerprint density at radius 3 is 2.93 bits per heavy atom. The van der Waals surface area contributed by atoms with E-state index in [1.54, 1.807) is 6.26 Å². The van der Waals surface area contributed by atoms with Crippen LogP contribution in [0.15, 0.2) is 47.1 Å². The highest BCUT2D eigenvalue weighted by Gasteiger charge is 2.49. The number of amides is 1. The topological polar surface area (TPSA) is 74.9 Å². The first-order valence-corrected chi connectivity index (χ1v) is 11.1. The number of fused-ring (bicyclic) bond motifs is 1. The van der Waals surface area contributed by atoms with E-state index in [0.29, 0.717) is 32.7 Å². The fourth-order valence-corrected chi connectivity index (χ4v) is 5.18. The summed E-state index contributed by atoms with van der Waals surface area (Å²) in [4.78, 5) is 15.0. The SMILES string of the molecule is CCOc1ccccc1[C@@H]1[C@@H]2CCCC[C@@]2(O)CCN1CC(=O)NCc1ccco1. The van der Waals surface area contributed by atoms with E-state index in [1.807, 2.05) is 37.3 Å². The maximum atomic E-state index is 12.7. The number of para-hydroxylation sites is 1. The Morgan fingerprint density at radius 1 is 1.27 bits per heavy atom. The fourth-order valence-electron chi connectivity index (χ4n) is 5.18. The molecule has 162 valence electrons. The van der Waals surface area contributed by atoms with Crippen LogP contribution < -0.4 is 10.1 Å². The molecule has 0 spiro atoms. The Morgan fingerprint density at radius 2 is 2.13 bits per heavy atom. The van der Waals surface area contributed by atoms with E-state index in [9.17, 15) is 9.90 Å². The third kappa shape index (κ3) is 4.40. The summed E-state index contributed by atoms with van der Waals surface area (Å²) in [5.41, 5.74) is 0.409. The minimum atomic E-state index is -0.663. The number of carbonyl (C=O) groups excluding carboxylic acids is 1. The predicted molar refractivity (Wildman–Crippen MR) is 114 cm³/mol. The lowest BCUT2D eigenvalue weighted by Crippen LogP contribution is -2.56. The van der Waals surface area contributed by atoms with Crippen molar-refractivity contribution in [2.75, 3.05) is 19.7 Å². The third-order valence-electron chi connectivity index (χ3n) is 6.60. The molecule has 1 saturated heterocycles. The summed E-state index contributed by atoms with van der Waals surface area (Å²) in [5, 5.41) is 14.4. The first-order chi connectivity index (χ1) is 14.6. The lowest BCUT2D eigenvalue weighted by Gasteiger charge is -2.52. The first kappa shape index (κ1) is 20.9. The van der Waals surface area contributed by atoms with E-state index in [-0.39, 0.29) is 17.9 Å². The summed E-state index contributed by atoms with van der Waals surface area (Å²) in [6.45, 7) is 3.93. The van der Waals surface area contributed by atoms with Crippen molar-refractivity contribution in [3.05, 3.63) is 54.0 Å². The van der Waals surface area contributed by atoms with E-state index in [4.69, 9.17) is 9.15 Å². The molecule has 30 heavy (non-hydrogen) atoms. The van der Waals surface area contributed by atoms with Gasteiger partial charge in [0.2, 0.25) is 5.91 Å². The molecule has 1 saturated carbocycles. The molecule has 0 bridgehead atoms. The molecule has 2 fully saturated rings. The zero-order valence-electron chi connectivity index (χ0n) is 17.7. The van der Waals surface area contributed by atoms with Crippen molar-refractivity contribution >= 4 is 5.91 Å². The zero-order chi connectivity index (χ0) is 21.0. The molecular formula is C24H32N2O4. The Labute approximate surface area is 178 Å². The summed E-state index contributed by atoms with van der Waals surface area (Å²) in [5.74, 6) is 1.65. The molecule has 2 N–H and O–H groups in total. The van der Waals surface area contributed by atoms with Gasteiger partial charge in [0.15, 0.2) is 0 Å². The Hall–Kier alpha value is -2.31. The molecule has 1 aromatic carbocycles. The lowest BCUT2D eigenvalue weighted by molar-refractivity contribution is -0.138. The van der Waals surface area contributed by atoms with Gasteiger partial charge in [-0.2, -0.15) is 0 Å². The third-order valence-corrected chi connectivity index (χ3v) is 6.60. The van der Waals surface area contributed by atoms with Crippen LogP contribution in [0, 0.1) is 5.92 Å². The van der Waals surface area contributed by atoms with Crippen molar-refractivity contribution in [1.29, 1.82) is 0 Å². The van der Waals surface area contributed by atoms with Gasteiger partial charge in [-0.05, 0) is 44.4 Å². The average molecular weight is 413 g/mol. The molecule has 6 heteroatoms. The van der Waals surface area contributed by atoms with Crippen molar-refractivity contribution in [1.82, 2.24) is 10.2 Å². The van der Waals surface area contributed by atoms with Crippen LogP contribution in [-0.2, 0) is 11.3 Å². The molecule has 4 rings (SSSR count). The van der Waals surface area contributed by atoms with Gasteiger partial charge < -0.3 is 19.6 Å². The van der Waals surface area contributed by atoms with Gasteiger partial charge in [0, 0.05) is 24.1 Å². The molecule has 1 aliphatic heterocycles. The first-order valence-electron chi connectivity index (χ1n) is 11.1. The minimum Gasteiger partial charge on any atom is -0.494 e. The summed E-state index contributed by atoms with van der Waals surface area (Å²) in [7, 11) is 0. The number of rotatable bonds is 7. The van der Waals surface area contributed by atoms with E-state index in [2.05, 4.69) is 16.3 Å². The van der Waals surface area contributed by atoms with E-state index >= 15 is 0 Å². The van der Waals surface area contributed by atoms with Crippen LogP contribution in [0.2, 0.25) is 0 Å². The predicted octanol–water partition coefficient (Wildman–Crippen LogP) is 3.66. The quantitative estimate of drug-likeness (QED) is 0.726. The summed E-state index contributed by atoms with van der Waals surface area (Å²) in [6, 6.07) is 11.7. The number of aliphatic hydroxyl groups is 1. The van der Waals surface area contributed by atoms with Crippen LogP contribution in [-0.4, -0.2) is 41.2 Å². The van der Waals surface area contributed by atoms with Crippen LogP contribution in [0.1, 0.15) is 56.4 Å². The number of likely N-dealkylation sites (tertiary alicyclic amines) is 1. The van der Waals surface area contributed by atoms with Crippen LogP contribution in [0.4, 0.5) is 0 Å². The molecule has 1 aliphatic carbocycles. The number of carbonyl (C=O) groups is 1. The minimum absolute atomic E-state index is 0.0356. The number of hydrogen-bond donors (Lipinski definition) is 2. The van der Waals surface area contributed by atoms with Gasteiger partial charge in [-0.15, -0.1) is 0 Å². The van der Waals surface area contributed by atoms with Gasteiger partial charge in [-0.1, -0.05) is 31.0 Å².